The molecule has 1 aromatic rings. The van der Waals surface area contributed by atoms with Crippen LogP contribution in [0.1, 0.15) is 31.4 Å². The van der Waals surface area contributed by atoms with Crippen LogP contribution >= 0.6 is 0 Å². The van der Waals surface area contributed by atoms with Crippen LogP contribution in [0.4, 0.5) is 0 Å². The van der Waals surface area contributed by atoms with Crippen molar-refractivity contribution in [1.29, 1.82) is 0 Å². The van der Waals surface area contributed by atoms with E-state index in [0.29, 0.717) is 11.5 Å². The molecule has 1 aliphatic carbocycles. The van der Waals surface area contributed by atoms with Crippen LogP contribution in [0.2, 0.25) is 0 Å². The molecule has 0 amide bonds. The molecule has 1 saturated carbocycles. The Bertz CT molecular complexity index is 716. The van der Waals surface area contributed by atoms with Crippen molar-refractivity contribution >= 4 is 15.8 Å². The van der Waals surface area contributed by atoms with E-state index >= 15 is 0 Å². The predicted molar refractivity (Wildman–Crippen MR) is 80.4 cm³/mol. The number of hydrogen-bond donors (Lipinski definition) is 0. The summed E-state index contributed by atoms with van der Waals surface area (Å²) in [5, 5.41) is 0. The van der Waals surface area contributed by atoms with Gasteiger partial charge < -0.3 is 9.47 Å². The van der Waals surface area contributed by atoms with E-state index in [1.165, 1.54) is 0 Å². The number of carbonyl (C=O) groups is 1. The van der Waals surface area contributed by atoms with E-state index in [2.05, 4.69) is 0 Å². The summed E-state index contributed by atoms with van der Waals surface area (Å²) in [7, 11) is -3.62. The topological polar surface area (TPSA) is 69.7 Å². The fourth-order valence-corrected chi connectivity index (χ4v) is 3.64. The Morgan fingerprint density at radius 1 is 1.23 bits per heavy atom. The maximum Gasteiger partial charge on any atom is 0.375 e. The number of sulfone groups is 1. The molecular formula is C16H18O5S. The summed E-state index contributed by atoms with van der Waals surface area (Å²) in [6.45, 7) is 1.85. The monoisotopic (exact) mass is 322 g/mol. The van der Waals surface area contributed by atoms with Crippen LogP contribution in [0.25, 0.3) is 0 Å². The second-order valence-corrected chi connectivity index (χ2v) is 7.81. The highest BCUT2D eigenvalue weighted by Crippen LogP contribution is 2.41. The van der Waals surface area contributed by atoms with Crippen molar-refractivity contribution < 1.29 is 22.7 Å². The molecule has 1 aliphatic heterocycles. The van der Waals surface area contributed by atoms with Crippen LogP contribution in [0.5, 0.6) is 0 Å². The maximum atomic E-state index is 12.2. The molecule has 3 rings (SSSR count). The molecule has 6 heteroatoms. The minimum Gasteiger partial charge on any atom is -0.482 e. The molecule has 1 heterocycles. The second-order valence-electron chi connectivity index (χ2n) is 5.82. The van der Waals surface area contributed by atoms with Gasteiger partial charge >= 0.3 is 5.97 Å². The van der Waals surface area contributed by atoms with Crippen molar-refractivity contribution in [1.82, 2.24) is 0 Å². The minimum atomic E-state index is -3.62. The van der Waals surface area contributed by atoms with Gasteiger partial charge in [0.2, 0.25) is 5.76 Å². The van der Waals surface area contributed by atoms with Gasteiger partial charge in [-0.25, -0.2) is 13.2 Å². The number of ether oxygens (including phenoxy) is 2. The van der Waals surface area contributed by atoms with Gasteiger partial charge in [0.05, 0.1) is 6.10 Å². The van der Waals surface area contributed by atoms with Gasteiger partial charge in [-0.2, -0.15) is 0 Å². The lowest BCUT2D eigenvalue weighted by atomic mass is 10.1. The van der Waals surface area contributed by atoms with E-state index < -0.39 is 21.9 Å². The first-order valence-electron chi connectivity index (χ1n) is 7.24. The number of benzene rings is 1. The number of cyclic esters (lactones) is 1. The fourth-order valence-electron chi connectivity index (χ4n) is 2.60. The van der Waals surface area contributed by atoms with Gasteiger partial charge in [-0.05, 0) is 31.2 Å². The number of rotatable bonds is 5. The molecule has 0 radical (unpaired) electrons. The Morgan fingerprint density at radius 3 is 2.41 bits per heavy atom. The average molecular weight is 322 g/mol. The summed E-state index contributed by atoms with van der Waals surface area (Å²) < 4.78 is 35.3. The molecule has 0 aromatic heterocycles. The maximum absolute atomic E-state index is 12.2. The largest absolute Gasteiger partial charge is 0.482 e. The summed E-state index contributed by atoms with van der Waals surface area (Å²) in [4.78, 5) is 12.1. The van der Waals surface area contributed by atoms with Crippen molar-refractivity contribution in [2.75, 3.05) is 6.26 Å². The highest BCUT2D eigenvalue weighted by molar-refractivity contribution is 7.94. The Kier molecular flexibility index (Phi) is 3.72. The third-order valence-electron chi connectivity index (χ3n) is 3.96. The van der Waals surface area contributed by atoms with Crippen molar-refractivity contribution in [3.8, 4) is 0 Å². The molecule has 0 saturated heterocycles. The van der Waals surface area contributed by atoms with E-state index in [1.54, 1.807) is 24.3 Å². The lowest BCUT2D eigenvalue weighted by molar-refractivity contribution is -0.144. The van der Waals surface area contributed by atoms with E-state index in [0.717, 1.165) is 19.1 Å². The molecule has 2 aliphatic rings. The summed E-state index contributed by atoms with van der Waals surface area (Å²) in [5.41, 5.74) is 0.619. The quantitative estimate of drug-likeness (QED) is 0.778. The zero-order valence-corrected chi connectivity index (χ0v) is 13.3. The van der Waals surface area contributed by atoms with Gasteiger partial charge in [0.25, 0.3) is 0 Å². The average Bonchev–Trinajstić information content (AvgIpc) is 3.25. The third-order valence-corrected chi connectivity index (χ3v) is 5.16. The van der Waals surface area contributed by atoms with Crippen LogP contribution in [0.3, 0.4) is 0 Å². The molecule has 22 heavy (non-hydrogen) atoms. The number of hydrogen-bond acceptors (Lipinski definition) is 5. The minimum absolute atomic E-state index is 0.0730. The Balaban J connectivity index is 2.02. The van der Waals surface area contributed by atoms with Crippen LogP contribution in [-0.4, -0.2) is 26.7 Å². The Hall–Kier alpha value is -1.82. The van der Waals surface area contributed by atoms with E-state index in [1.807, 2.05) is 13.0 Å². The van der Waals surface area contributed by atoms with Gasteiger partial charge in [-0.15, -0.1) is 0 Å². The van der Waals surface area contributed by atoms with Crippen LogP contribution in [0, 0.1) is 5.92 Å². The summed E-state index contributed by atoms with van der Waals surface area (Å²) >= 11 is 0. The highest BCUT2D eigenvalue weighted by Gasteiger charge is 2.44. The van der Waals surface area contributed by atoms with Crippen LogP contribution in [-0.2, 0) is 24.1 Å². The van der Waals surface area contributed by atoms with Crippen molar-refractivity contribution in [3.63, 3.8) is 0 Å². The van der Waals surface area contributed by atoms with E-state index in [9.17, 15) is 13.2 Å². The first kappa shape index (κ1) is 15.1. The van der Waals surface area contributed by atoms with Gasteiger partial charge in [-0.3, -0.25) is 0 Å². The van der Waals surface area contributed by atoms with E-state index in [-0.39, 0.29) is 16.8 Å². The van der Waals surface area contributed by atoms with Gasteiger partial charge in [-0.1, -0.05) is 30.3 Å². The second kappa shape index (κ2) is 5.43. The summed E-state index contributed by atoms with van der Waals surface area (Å²) in [6.07, 6.45) is 2.05. The third kappa shape index (κ3) is 2.88. The van der Waals surface area contributed by atoms with E-state index in [4.69, 9.17) is 9.47 Å². The van der Waals surface area contributed by atoms with Crippen molar-refractivity contribution in [2.24, 2.45) is 5.92 Å². The predicted octanol–water partition coefficient (Wildman–Crippen LogP) is 2.36. The first-order chi connectivity index (χ1) is 10.4. The molecule has 2 unspecified atom stereocenters. The van der Waals surface area contributed by atoms with Crippen LogP contribution < -0.4 is 0 Å². The first-order valence-corrected chi connectivity index (χ1v) is 9.14. The molecule has 5 nitrogen and oxygen atoms in total. The van der Waals surface area contributed by atoms with Gasteiger partial charge in [0, 0.05) is 6.26 Å². The summed E-state index contributed by atoms with van der Waals surface area (Å²) in [5.74, 6) is -0.477. The summed E-state index contributed by atoms with van der Waals surface area (Å²) in [6, 6.07) is 8.83. The van der Waals surface area contributed by atoms with Gasteiger partial charge in [0.1, 0.15) is 4.91 Å². The van der Waals surface area contributed by atoms with Crippen molar-refractivity contribution in [3.05, 3.63) is 46.6 Å². The Morgan fingerprint density at radius 2 is 1.86 bits per heavy atom. The Labute approximate surface area is 129 Å². The standard InChI is InChI=1S/C16H18O5S/c1-10(11-8-9-11)20-14-15(22(2,18)19)13(21-16(14)17)12-6-4-3-5-7-12/h3-7,10-11,13H,8-9H2,1-2H3. The smallest absolute Gasteiger partial charge is 0.375 e. The lowest BCUT2D eigenvalue weighted by Crippen LogP contribution is -2.16. The fraction of sp³-hybridized carbons (Fsp3) is 0.438. The molecule has 0 bridgehead atoms. The number of carbonyl (C=O) groups excluding carboxylic acids is 1. The van der Waals surface area contributed by atoms with Crippen LogP contribution in [0.15, 0.2) is 41.0 Å². The normalized spacial score (nSPS) is 23.4. The van der Waals surface area contributed by atoms with Crippen molar-refractivity contribution in [2.45, 2.75) is 32.0 Å². The molecule has 2 atom stereocenters. The lowest BCUT2D eigenvalue weighted by Gasteiger charge is -2.14. The van der Waals surface area contributed by atoms with Gasteiger partial charge in [0.15, 0.2) is 15.9 Å². The molecular weight excluding hydrogens is 304 g/mol. The zero-order valence-electron chi connectivity index (χ0n) is 12.5. The molecule has 0 N–H and O–H groups in total. The molecule has 118 valence electrons. The molecule has 1 aromatic carbocycles. The SMILES string of the molecule is CC(OC1=C(S(C)(=O)=O)C(c2ccccc2)OC1=O)C1CC1. The molecule has 0 spiro atoms. The number of esters is 1. The zero-order chi connectivity index (χ0) is 15.9. The molecule has 1 fully saturated rings. The highest BCUT2D eigenvalue weighted by atomic mass is 32.2.